The average Bonchev–Trinajstić information content (AvgIpc) is 3.18. The Morgan fingerprint density at radius 1 is 1.14 bits per heavy atom. The van der Waals surface area contributed by atoms with Crippen LogP contribution in [0.15, 0.2) is 36.9 Å². The second-order valence-electron chi connectivity index (χ2n) is 7.51. The molecule has 0 spiro atoms. The van der Waals surface area contributed by atoms with Gasteiger partial charge in [0.2, 0.25) is 0 Å². The quantitative estimate of drug-likeness (QED) is 0.677. The van der Waals surface area contributed by atoms with Gasteiger partial charge in [-0.15, -0.1) is 0 Å². The van der Waals surface area contributed by atoms with Crippen molar-refractivity contribution < 1.29 is 13.0 Å². The van der Waals surface area contributed by atoms with Crippen LogP contribution in [0.5, 0.6) is 0 Å². The molecule has 1 aliphatic carbocycles. The van der Waals surface area contributed by atoms with Crippen LogP contribution in [0.4, 0.5) is 0 Å². The third kappa shape index (κ3) is 3.97. The predicted molar refractivity (Wildman–Crippen MR) is 110 cm³/mol. The molecule has 0 bridgehead atoms. The van der Waals surface area contributed by atoms with Gasteiger partial charge in [0.1, 0.15) is 5.78 Å². The molecule has 0 aromatic carbocycles. The molecule has 0 N–H and O–H groups in total. The van der Waals surface area contributed by atoms with E-state index < -0.39 is 20.0 Å². The Balaban J connectivity index is 1.43. The number of Topliss-reactive ketones (excluding diaryl/α,β-unsaturated/α-hetero) is 1. The van der Waals surface area contributed by atoms with Crippen molar-refractivity contribution in [3.8, 4) is 11.1 Å². The number of hydrogen-bond acceptors (Lipinski definition) is 5. The Hall–Kier alpha value is -2.60. The molecular weight excluding hydrogens is 350 g/mol. The van der Waals surface area contributed by atoms with Crippen molar-refractivity contribution in [2.75, 3.05) is 14.0 Å². The first kappa shape index (κ1) is 12.8. The highest BCUT2D eigenvalue weighted by molar-refractivity contribution is 5.86. The third-order valence-electron chi connectivity index (χ3n) is 5.54. The van der Waals surface area contributed by atoms with Gasteiger partial charge in [-0.2, -0.15) is 5.10 Å². The second-order valence-corrected chi connectivity index (χ2v) is 7.51. The minimum Gasteiger partial charge on any atom is -0.306 e. The van der Waals surface area contributed by atoms with E-state index >= 15 is 0 Å². The lowest BCUT2D eigenvalue weighted by Crippen LogP contribution is -2.34. The largest absolute Gasteiger partial charge is 0.306 e. The molecule has 146 valence electrons. The first-order valence-corrected chi connectivity index (χ1v) is 9.47. The maximum Gasteiger partial charge on any atom is 0.141 e. The summed E-state index contributed by atoms with van der Waals surface area (Å²) in [6.45, 7) is -5.41. The number of carbonyl (C=O) groups excluding carboxylic acids is 1. The molecule has 1 saturated carbocycles. The van der Waals surface area contributed by atoms with Crippen LogP contribution in [0.1, 0.15) is 39.6 Å². The molecule has 6 nitrogen and oxygen atoms in total. The van der Waals surface area contributed by atoms with E-state index in [1.807, 2.05) is 25.4 Å². The highest BCUT2D eigenvalue weighted by Gasteiger charge is 2.27. The summed E-state index contributed by atoms with van der Waals surface area (Å²) in [6, 6.07) is 3.27. The van der Waals surface area contributed by atoms with Crippen LogP contribution in [0.25, 0.3) is 22.0 Å². The van der Waals surface area contributed by atoms with Crippen LogP contribution in [-0.4, -0.2) is 50.4 Å². The molecule has 0 radical (unpaired) electrons. The number of hydrogen-bond donors (Lipinski definition) is 0. The summed E-state index contributed by atoms with van der Waals surface area (Å²) in [5.74, 6) is -0.195. The Bertz CT molecular complexity index is 1170. The summed E-state index contributed by atoms with van der Waals surface area (Å²) in [4.78, 5) is 22.5. The van der Waals surface area contributed by atoms with Crippen LogP contribution < -0.4 is 0 Å². The zero-order valence-electron chi connectivity index (χ0n) is 21.8. The molecule has 6 heteroatoms. The van der Waals surface area contributed by atoms with Gasteiger partial charge in [0.15, 0.2) is 0 Å². The van der Waals surface area contributed by atoms with Crippen LogP contribution in [0.2, 0.25) is 0 Å². The lowest BCUT2D eigenvalue weighted by molar-refractivity contribution is -0.123. The number of ketones is 1. The summed E-state index contributed by atoms with van der Waals surface area (Å²) in [6.07, 6.45) is 8.92. The first-order valence-electron chi connectivity index (χ1n) is 12.5. The summed E-state index contributed by atoms with van der Waals surface area (Å²) in [5.41, 5.74) is 3.26. The normalized spacial score (nSPS) is 24.1. The number of nitrogens with zero attached hydrogens (tertiary/aromatic N) is 5. The van der Waals surface area contributed by atoms with E-state index in [1.54, 1.807) is 23.3 Å². The van der Waals surface area contributed by atoms with Gasteiger partial charge >= 0.3 is 0 Å². The van der Waals surface area contributed by atoms with Crippen molar-refractivity contribution in [2.24, 2.45) is 13.0 Å². The standard InChI is InChI=1S/C22H27N5O/c1-26(2)20-6-4-15(5-7-20)22(28)10-19-9-16-8-17(11-24-21(16)13-23-19)18-12-25-27(3)14-18/h8-9,11-15,20H,4-7,10H2,1-3H3/i1D3,2D3. The van der Waals surface area contributed by atoms with Gasteiger partial charge in [-0.1, -0.05) is 0 Å². The van der Waals surface area contributed by atoms with Crippen LogP contribution >= 0.6 is 0 Å². The Labute approximate surface area is 174 Å². The van der Waals surface area contributed by atoms with E-state index in [0.29, 0.717) is 36.3 Å². The number of pyridine rings is 2. The fourth-order valence-corrected chi connectivity index (χ4v) is 3.88. The van der Waals surface area contributed by atoms with Crippen molar-refractivity contribution in [2.45, 2.75) is 38.1 Å². The molecule has 3 aromatic heterocycles. The Morgan fingerprint density at radius 3 is 2.68 bits per heavy atom. The van der Waals surface area contributed by atoms with Crippen molar-refractivity contribution >= 4 is 16.7 Å². The average molecular weight is 384 g/mol. The second kappa shape index (κ2) is 7.80. The molecule has 3 heterocycles. The molecule has 1 fully saturated rings. The highest BCUT2D eigenvalue weighted by Crippen LogP contribution is 2.28. The number of fused-ring (bicyclic) bond motifs is 1. The molecular formula is C22H27N5O. The molecule has 3 aromatic rings. The molecule has 0 saturated heterocycles. The van der Waals surface area contributed by atoms with Gasteiger partial charge in [0.25, 0.3) is 0 Å². The van der Waals surface area contributed by atoms with Crippen molar-refractivity contribution in [1.29, 1.82) is 0 Å². The van der Waals surface area contributed by atoms with E-state index in [9.17, 15) is 4.79 Å². The topological polar surface area (TPSA) is 63.9 Å². The maximum absolute atomic E-state index is 13.0. The van der Waals surface area contributed by atoms with Crippen molar-refractivity contribution in [3.63, 3.8) is 0 Å². The van der Waals surface area contributed by atoms with Crippen LogP contribution in [0.3, 0.4) is 0 Å². The first-order chi connectivity index (χ1) is 15.9. The summed E-state index contributed by atoms with van der Waals surface area (Å²) >= 11 is 0. The van der Waals surface area contributed by atoms with Gasteiger partial charge in [-0.05, 0) is 51.8 Å². The van der Waals surface area contributed by atoms with E-state index in [1.165, 1.54) is 0 Å². The van der Waals surface area contributed by atoms with Crippen LogP contribution in [0, 0.1) is 5.92 Å². The lowest BCUT2D eigenvalue weighted by Gasteiger charge is -2.31. The minimum atomic E-state index is -2.70. The number of aryl methyl sites for hydroxylation is 1. The Morgan fingerprint density at radius 2 is 1.96 bits per heavy atom. The van der Waals surface area contributed by atoms with Gasteiger partial charge in [0, 0.05) is 68.3 Å². The summed E-state index contributed by atoms with van der Waals surface area (Å²) in [7, 11) is 1.85. The molecule has 0 unspecified atom stereocenters. The van der Waals surface area contributed by atoms with Gasteiger partial charge in [-0.25, -0.2) is 0 Å². The molecule has 4 rings (SSSR count). The minimum absolute atomic E-state index is 0.0380. The molecule has 1 aliphatic rings. The zero-order valence-corrected chi connectivity index (χ0v) is 15.8. The van der Waals surface area contributed by atoms with E-state index in [4.69, 9.17) is 8.22 Å². The number of rotatable bonds is 5. The molecule has 28 heavy (non-hydrogen) atoms. The zero-order chi connectivity index (χ0) is 24.7. The van der Waals surface area contributed by atoms with Crippen molar-refractivity contribution in [1.82, 2.24) is 24.6 Å². The maximum atomic E-state index is 13.0. The predicted octanol–water partition coefficient (Wildman–Crippen LogP) is 3.26. The summed E-state index contributed by atoms with van der Waals surface area (Å²) in [5, 5.41) is 5.07. The molecule has 0 aliphatic heterocycles. The van der Waals surface area contributed by atoms with Gasteiger partial charge < -0.3 is 4.90 Å². The number of aromatic nitrogens is 4. The van der Waals surface area contributed by atoms with E-state index in [-0.39, 0.29) is 18.1 Å². The smallest absolute Gasteiger partial charge is 0.141 e. The highest BCUT2D eigenvalue weighted by atomic mass is 16.1. The van der Waals surface area contributed by atoms with Crippen molar-refractivity contribution in [3.05, 3.63) is 42.6 Å². The SMILES string of the molecule is [2H]C([2H])([2H])N(C1CCC(C(=O)Cc2cc3cc(-c4cnn(C)c4)cnc3cn2)CC1)C([2H])([2H])[2H]. The van der Waals surface area contributed by atoms with E-state index in [2.05, 4.69) is 15.1 Å². The van der Waals surface area contributed by atoms with Gasteiger partial charge in [0.05, 0.1) is 17.9 Å². The fourth-order valence-electron chi connectivity index (χ4n) is 3.88. The fraction of sp³-hybridized carbons (Fsp3) is 0.455. The van der Waals surface area contributed by atoms with Gasteiger partial charge in [-0.3, -0.25) is 19.4 Å². The molecule has 0 atom stereocenters. The monoisotopic (exact) mass is 383 g/mol. The van der Waals surface area contributed by atoms with E-state index in [0.717, 1.165) is 22.0 Å². The summed E-state index contributed by atoms with van der Waals surface area (Å²) < 4.78 is 47.4. The molecule has 0 amide bonds. The lowest BCUT2D eigenvalue weighted by atomic mass is 9.82. The Kier molecular flexibility index (Phi) is 3.56. The number of carbonyl (C=O) groups is 1. The third-order valence-corrected chi connectivity index (χ3v) is 5.54. The van der Waals surface area contributed by atoms with Crippen LogP contribution in [-0.2, 0) is 18.3 Å².